The summed E-state index contributed by atoms with van der Waals surface area (Å²) in [6.45, 7) is 1.97. The predicted octanol–water partition coefficient (Wildman–Crippen LogP) is 3.74. The Hall–Kier alpha value is -2.54. The SMILES string of the molecule is Cc1cc(N2N=N[C@@H]3C(=O)N(c4ccc5c(c4)CCC5)C(=O)[C@@H]32)ccc1Br. The Kier molecular flexibility index (Phi) is 3.69. The second-order valence-electron chi connectivity index (χ2n) is 7.19. The molecule has 3 aliphatic rings. The van der Waals surface area contributed by atoms with Gasteiger partial charge in [-0.2, -0.15) is 5.11 Å². The maximum Gasteiger partial charge on any atom is 0.263 e. The van der Waals surface area contributed by atoms with Gasteiger partial charge in [-0.05, 0) is 73.2 Å². The van der Waals surface area contributed by atoms with Gasteiger partial charge in [-0.25, -0.2) is 9.91 Å². The molecule has 1 fully saturated rings. The Morgan fingerprint density at radius 1 is 1.00 bits per heavy atom. The molecule has 136 valence electrons. The smallest absolute Gasteiger partial charge is 0.263 e. The van der Waals surface area contributed by atoms with Crippen molar-refractivity contribution < 1.29 is 9.59 Å². The molecular formula is C20H17BrN4O2. The maximum absolute atomic E-state index is 13.2. The van der Waals surface area contributed by atoms with Crippen LogP contribution in [0.2, 0.25) is 0 Å². The van der Waals surface area contributed by atoms with Crippen molar-refractivity contribution in [3.05, 3.63) is 57.6 Å². The average Bonchev–Trinajstić information content (AvgIpc) is 3.34. The number of rotatable bonds is 2. The molecule has 1 aliphatic carbocycles. The van der Waals surface area contributed by atoms with Crippen LogP contribution in [-0.2, 0) is 22.4 Å². The molecule has 2 aromatic rings. The summed E-state index contributed by atoms with van der Waals surface area (Å²) >= 11 is 3.48. The van der Waals surface area contributed by atoms with Crippen LogP contribution in [0.5, 0.6) is 0 Å². The van der Waals surface area contributed by atoms with Gasteiger partial charge in [-0.3, -0.25) is 9.59 Å². The van der Waals surface area contributed by atoms with Crippen molar-refractivity contribution in [2.75, 3.05) is 9.91 Å². The zero-order valence-corrected chi connectivity index (χ0v) is 16.3. The number of carbonyl (C=O) groups excluding carboxylic acids is 2. The van der Waals surface area contributed by atoms with E-state index in [-0.39, 0.29) is 11.8 Å². The van der Waals surface area contributed by atoms with Crippen LogP contribution in [0.1, 0.15) is 23.1 Å². The first-order valence-corrected chi connectivity index (χ1v) is 9.79. The van der Waals surface area contributed by atoms with Crippen molar-refractivity contribution in [1.82, 2.24) is 0 Å². The summed E-state index contributed by atoms with van der Waals surface area (Å²) in [7, 11) is 0. The fourth-order valence-corrected chi connectivity index (χ4v) is 4.34. The first-order valence-electron chi connectivity index (χ1n) is 9.00. The normalized spacial score (nSPS) is 23.3. The average molecular weight is 425 g/mol. The van der Waals surface area contributed by atoms with E-state index in [4.69, 9.17) is 0 Å². The van der Waals surface area contributed by atoms with Gasteiger partial charge in [0.15, 0.2) is 12.1 Å². The first-order chi connectivity index (χ1) is 13.0. The number of anilines is 2. The van der Waals surface area contributed by atoms with Crippen LogP contribution < -0.4 is 9.91 Å². The molecule has 2 amide bonds. The molecular weight excluding hydrogens is 408 g/mol. The highest BCUT2D eigenvalue weighted by atomic mass is 79.9. The van der Waals surface area contributed by atoms with Gasteiger partial charge in [-0.1, -0.05) is 27.2 Å². The lowest BCUT2D eigenvalue weighted by Crippen LogP contribution is -2.40. The van der Waals surface area contributed by atoms with Crippen molar-refractivity contribution in [2.24, 2.45) is 10.3 Å². The van der Waals surface area contributed by atoms with Crippen molar-refractivity contribution in [2.45, 2.75) is 38.3 Å². The summed E-state index contributed by atoms with van der Waals surface area (Å²) in [6.07, 6.45) is 3.18. The zero-order valence-electron chi connectivity index (χ0n) is 14.7. The van der Waals surface area contributed by atoms with Gasteiger partial charge >= 0.3 is 0 Å². The van der Waals surface area contributed by atoms with Gasteiger partial charge in [0.2, 0.25) is 0 Å². The van der Waals surface area contributed by atoms with E-state index in [0.29, 0.717) is 5.69 Å². The van der Waals surface area contributed by atoms with Crippen LogP contribution in [0, 0.1) is 6.92 Å². The van der Waals surface area contributed by atoms with Gasteiger partial charge in [0.25, 0.3) is 11.8 Å². The molecule has 0 spiro atoms. The van der Waals surface area contributed by atoms with E-state index in [0.717, 1.165) is 35.0 Å². The van der Waals surface area contributed by atoms with E-state index in [1.54, 1.807) is 5.01 Å². The molecule has 2 aromatic carbocycles. The zero-order chi connectivity index (χ0) is 18.7. The molecule has 6 nitrogen and oxygen atoms in total. The minimum atomic E-state index is -0.783. The molecule has 0 bridgehead atoms. The van der Waals surface area contributed by atoms with Crippen LogP contribution in [0.15, 0.2) is 51.2 Å². The van der Waals surface area contributed by atoms with Gasteiger partial charge < -0.3 is 0 Å². The number of carbonyl (C=O) groups is 2. The Morgan fingerprint density at radius 2 is 1.78 bits per heavy atom. The Bertz CT molecular complexity index is 1020. The van der Waals surface area contributed by atoms with Crippen LogP contribution in [0.3, 0.4) is 0 Å². The van der Waals surface area contributed by atoms with E-state index >= 15 is 0 Å². The van der Waals surface area contributed by atoms with Crippen LogP contribution in [-0.4, -0.2) is 23.9 Å². The molecule has 27 heavy (non-hydrogen) atoms. The Morgan fingerprint density at radius 3 is 2.59 bits per heavy atom. The van der Waals surface area contributed by atoms with Crippen molar-refractivity contribution in [3.8, 4) is 0 Å². The lowest BCUT2D eigenvalue weighted by molar-refractivity contribution is -0.121. The summed E-state index contributed by atoms with van der Waals surface area (Å²) in [4.78, 5) is 27.4. The molecule has 7 heteroatoms. The highest BCUT2D eigenvalue weighted by Crippen LogP contribution is 2.37. The largest absolute Gasteiger partial charge is 0.271 e. The predicted molar refractivity (Wildman–Crippen MR) is 105 cm³/mol. The highest BCUT2D eigenvalue weighted by molar-refractivity contribution is 9.10. The fourth-order valence-electron chi connectivity index (χ4n) is 4.10. The van der Waals surface area contributed by atoms with Crippen molar-refractivity contribution in [3.63, 3.8) is 0 Å². The molecule has 0 N–H and O–H groups in total. The summed E-state index contributed by atoms with van der Waals surface area (Å²) in [5, 5.41) is 9.80. The number of hydrogen-bond donors (Lipinski definition) is 0. The fraction of sp³-hybridized carbons (Fsp3) is 0.300. The van der Waals surface area contributed by atoms with E-state index in [2.05, 4.69) is 26.3 Å². The van der Waals surface area contributed by atoms with Crippen LogP contribution in [0.25, 0.3) is 0 Å². The van der Waals surface area contributed by atoms with Gasteiger partial charge in [0.1, 0.15) is 0 Å². The molecule has 0 radical (unpaired) electrons. The lowest BCUT2D eigenvalue weighted by Gasteiger charge is -2.21. The molecule has 0 unspecified atom stereocenters. The number of aryl methyl sites for hydroxylation is 3. The van der Waals surface area contributed by atoms with Gasteiger partial charge in [-0.15, -0.1) is 0 Å². The maximum atomic E-state index is 13.2. The minimum Gasteiger partial charge on any atom is -0.271 e. The molecule has 0 saturated carbocycles. The second-order valence-corrected chi connectivity index (χ2v) is 8.05. The van der Waals surface area contributed by atoms with E-state index in [1.807, 2.05) is 43.3 Å². The van der Waals surface area contributed by atoms with Crippen molar-refractivity contribution >= 4 is 39.1 Å². The number of nitrogens with zero attached hydrogens (tertiary/aromatic N) is 4. The molecule has 1 saturated heterocycles. The third kappa shape index (κ3) is 2.45. The Balaban J connectivity index is 1.50. The highest BCUT2D eigenvalue weighted by Gasteiger charge is 2.55. The topological polar surface area (TPSA) is 65.3 Å². The number of imide groups is 1. The van der Waals surface area contributed by atoms with Crippen LogP contribution in [0.4, 0.5) is 11.4 Å². The summed E-state index contributed by atoms with van der Waals surface area (Å²) in [5.74, 6) is -0.573. The first kappa shape index (κ1) is 16.6. The van der Waals surface area contributed by atoms with E-state index in [9.17, 15) is 9.59 Å². The molecule has 2 heterocycles. The van der Waals surface area contributed by atoms with E-state index < -0.39 is 12.1 Å². The van der Waals surface area contributed by atoms with Gasteiger partial charge in [0, 0.05) is 4.47 Å². The van der Waals surface area contributed by atoms with Crippen LogP contribution >= 0.6 is 15.9 Å². The number of fused-ring (bicyclic) bond motifs is 2. The van der Waals surface area contributed by atoms with Crippen molar-refractivity contribution in [1.29, 1.82) is 0 Å². The Labute approximate surface area is 165 Å². The third-order valence-corrected chi connectivity index (χ3v) is 6.42. The quantitative estimate of drug-likeness (QED) is 0.689. The standard InChI is InChI=1S/C20H17BrN4O2/c1-11-9-15(7-8-16(11)21)25-18-17(22-23-25)19(26)24(20(18)27)14-6-5-12-3-2-4-13(12)10-14/h5-10,17-18H,2-4H2,1H3/t17-,18+/m0/s1. The lowest BCUT2D eigenvalue weighted by atomic mass is 10.1. The number of amides is 2. The number of halogens is 1. The van der Waals surface area contributed by atoms with E-state index in [1.165, 1.54) is 16.0 Å². The molecule has 2 atom stereocenters. The van der Waals surface area contributed by atoms with Gasteiger partial charge in [0.05, 0.1) is 11.4 Å². The minimum absolute atomic E-state index is 0.270. The summed E-state index contributed by atoms with van der Waals surface area (Å²) < 4.78 is 0.979. The third-order valence-electron chi connectivity index (χ3n) is 5.53. The second kappa shape index (κ2) is 5.99. The number of hydrogen-bond acceptors (Lipinski definition) is 5. The monoisotopic (exact) mass is 424 g/mol. The molecule has 5 rings (SSSR count). The molecule has 2 aliphatic heterocycles. The number of benzene rings is 2. The summed E-state index contributed by atoms with van der Waals surface area (Å²) in [6, 6.07) is 10.1. The molecule has 0 aromatic heterocycles. The summed E-state index contributed by atoms with van der Waals surface area (Å²) in [5.41, 5.74) is 4.96.